The van der Waals surface area contributed by atoms with Crippen molar-refractivity contribution in [2.45, 2.75) is 0 Å². The molecule has 1 aromatic heterocycles. The van der Waals surface area contributed by atoms with E-state index in [2.05, 4.69) is 4.98 Å². The zero-order chi connectivity index (χ0) is 19.6. The van der Waals surface area contributed by atoms with Crippen LogP contribution in [0.1, 0.15) is 15.9 Å². The third kappa shape index (κ3) is 3.31. The third-order valence-corrected chi connectivity index (χ3v) is 4.30. The molecule has 3 rings (SSSR count). The molecule has 1 heterocycles. The van der Waals surface area contributed by atoms with Crippen molar-refractivity contribution in [2.75, 3.05) is 27.1 Å². The van der Waals surface area contributed by atoms with Crippen LogP contribution in [0.15, 0.2) is 42.7 Å². The lowest BCUT2D eigenvalue weighted by Crippen LogP contribution is -2.07. The highest BCUT2D eigenvalue weighted by atomic mass is 16.5. The van der Waals surface area contributed by atoms with Gasteiger partial charge in [0.2, 0.25) is 5.75 Å². The number of nitrogens with zero attached hydrogens (tertiary/aromatic N) is 2. The fourth-order valence-electron chi connectivity index (χ4n) is 2.90. The van der Waals surface area contributed by atoms with Crippen LogP contribution < -0.4 is 19.9 Å². The number of rotatable bonds is 6. The third-order valence-electron chi connectivity index (χ3n) is 4.30. The maximum atomic E-state index is 13.2. The Kier molecular flexibility index (Phi) is 5.03. The van der Waals surface area contributed by atoms with Crippen LogP contribution in [0.3, 0.4) is 0 Å². The van der Waals surface area contributed by atoms with Crippen LogP contribution in [0.5, 0.6) is 17.2 Å². The maximum absolute atomic E-state index is 13.2. The van der Waals surface area contributed by atoms with E-state index in [1.54, 1.807) is 30.5 Å². The molecule has 7 heteroatoms. The van der Waals surface area contributed by atoms with Crippen molar-refractivity contribution in [1.29, 1.82) is 0 Å². The molecule has 140 valence electrons. The van der Waals surface area contributed by atoms with Gasteiger partial charge >= 0.3 is 0 Å². The number of carbonyl (C=O) groups is 1. The van der Waals surface area contributed by atoms with E-state index in [-0.39, 0.29) is 5.78 Å². The minimum absolute atomic E-state index is 0.247. The minimum Gasteiger partial charge on any atom is -0.493 e. The van der Waals surface area contributed by atoms with Gasteiger partial charge < -0.3 is 24.5 Å². The molecule has 0 saturated heterocycles. The molecule has 0 aliphatic carbocycles. The van der Waals surface area contributed by atoms with Gasteiger partial charge in [0.15, 0.2) is 17.3 Å². The number of carbonyl (C=O) groups excluding carboxylic acids is 1. The predicted octanol–water partition coefficient (Wildman–Crippen LogP) is 2.93. The summed E-state index contributed by atoms with van der Waals surface area (Å²) in [5.74, 6) is 1.72. The summed E-state index contributed by atoms with van der Waals surface area (Å²) in [6.45, 7) is 0. The summed E-state index contributed by atoms with van der Waals surface area (Å²) in [5.41, 5.74) is 8.02. The first kappa shape index (κ1) is 18.3. The Bertz CT molecular complexity index is 970. The molecule has 0 aliphatic rings. The fourth-order valence-corrected chi connectivity index (χ4v) is 2.90. The maximum Gasteiger partial charge on any atom is 0.203 e. The second-order valence-corrected chi connectivity index (χ2v) is 5.91. The number of benzene rings is 2. The molecule has 0 aliphatic heterocycles. The molecule has 7 nitrogen and oxygen atoms in total. The Balaban J connectivity index is 2.10. The van der Waals surface area contributed by atoms with Gasteiger partial charge in [-0.2, -0.15) is 0 Å². The Morgan fingerprint density at radius 3 is 2.22 bits per heavy atom. The van der Waals surface area contributed by atoms with Crippen LogP contribution in [-0.2, 0) is 7.05 Å². The molecule has 2 aromatic carbocycles. The summed E-state index contributed by atoms with van der Waals surface area (Å²) in [4.78, 5) is 17.5. The number of ketones is 1. The molecule has 0 bridgehead atoms. The number of nitrogens with two attached hydrogens (primary N) is 1. The number of anilines is 1. The number of hydrogen-bond acceptors (Lipinski definition) is 6. The highest BCUT2D eigenvalue weighted by Crippen LogP contribution is 2.39. The van der Waals surface area contributed by atoms with Crippen molar-refractivity contribution >= 4 is 11.5 Å². The summed E-state index contributed by atoms with van der Waals surface area (Å²) in [7, 11) is 6.40. The van der Waals surface area contributed by atoms with Gasteiger partial charge in [-0.15, -0.1) is 0 Å². The first-order valence-electron chi connectivity index (χ1n) is 8.22. The number of aromatic nitrogens is 2. The standard InChI is InChI=1S/C20H21N3O4/c1-23-8-7-22-20(23)12-5-6-15(21)14(9-12)18(24)13-10-16(25-2)19(27-4)17(11-13)26-3/h5-11H,21H2,1-4H3. The Labute approximate surface area is 157 Å². The van der Waals surface area contributed by atoms with Crippen LogP contribution in [-0.4, -0.2) is 36.7 Å². The molecule has 0 unspecified atom stereocenters. The number of imidazole rings is 1. The van der Waals surface area contributed by atoms with E-state index in [1.165, 1.54) is 21.3 Å². The van der Waals surface area contributed by atoms with Crippen molar-refractivity contribution < 1.29 is 19.0 Å². The summed E-state index contributed by atoms with van der Waals surface area (Å²) in [6, 6.07) is 8.50. The smallest absolute Gasteiger partial charge is 0.203 e. The second kappa shape index (κ2) is 7.41. The Hall–Kier alpha value is -3.48. The van der Waals surface area contributed by atoms with Crippen LogP contribution in [0.25, 0.3) is 11.4 Å². The highest BCUT2D eigenvalue weighted by molar-refractivity contribution is 6.13. The van der Waals surface area contributed by atoms with Crippen molar-refractivity contribution in [3.8, 4) is 28.6 Å². The van der Waals surface area contributed by atoms with Gasteiger partial charge in [0.05, 0.1) is 21.3 Å². The van der Waals surface area contributed by atoms with Crippen molar-refractivity contribution in [3.05, 3.63) is 53.9 Å². The molecule has 2 N–H and O–H groups in total. The first-order chi connectivity index (χ1) is 13.0. The summed E-state index contributed by atoms with van der Waals surface area (Å²) in [6.07, 6.45) is 3.54. The highest BCUT2D eigenvalue weighted by Gasteiger charge is 2.20. The van der Waals surface area contributed by atoms with E-state index < -0.39 is 0 Å². The SMILES string of the molecule is COc1cc(C(=O)c2cc(-c3nccn3C)ccc2N)cc(OC)c1OC. The molecule has 0 atom stereocenters. The lowest BCUT2D eigenvalue weighted by atomic mass is 9.98. The topological polar surface area (TPSA) is 88.6 Å². The van der Waals surface area contributed by atoms with Gasteiger partial charge in [0.25, 0.3) is 0 Å². The Morgan fingerprint density at radius 1 is 1.04 bits per heavy atom. The van der Waals surface area contributed by atoms with Gasteiger partial charge in [-0.05, 0) is 30.3 Å². The average molecular weight is 367 g/mol. The van der Waals surface area contributed by atoms with Crippen molar-refractivity contribution in [1.82, 2.24) is 9.55 Å². The van der Waals surface area contributed by atoms with Gasteiger partial charge in [-0.3, -0.25) is 4.79 Å². The van der Waals surface area contributed by atoms with Crippen molar-refractivity contribution in [2.24, 2.45) is 7.05 Å². The van der Waals surface area contributed by atoms with Crippen LogP contribution in [0, 0.1) is 0 Å². The molecule has 0 amide bonds. The molecular formula is C20H21N3O4. The average Bonchev–Trinajstić information content (AvgIpc) is 3.12. The van der Waals surface area contributed by atoms with Gasteiger partial charge in [-0.1, -0.05) is 0 Å². The Morgan fingerprint density at radius 2 is 1.70 bits per heavy atom. The number of nitrogen functional groups attached to an aromatic ring is 1. The van der Waals surface area contributed by atoms with E-state index in [0.717, 1.165) is 11.4 Å². The first-order valence-corrected chi connectivity index (χ1v) is 8.22. The zero-order valence-corrected chi connectivity index (χ0v) is 15.6. The van der Waals surface area contributed by atoms with E-state index in [4.69, 9.17) is 19.9 Å². The number of ether oxygens (including phenoxy) is 3. The number of hydrogen-bond donors (Lipinski definition) is 1. The summed E-state index contributed by atoms with van der Waals surface area (Å²) < 4.78 is 17.8. The van der Waals surface area contributed by atoms with Crippen molar-refractivity contribution in [3.63, 3.8) is 0 Å². The molecule has 0 saturated carbocycles. The lowest BCUT2D eigenvalue weighted by Gasteiger charge is -2.14. The number of aryl methyl sites for hydroxylation is 1. The fraction of sp³-hybridized carbons (Fsp3) is 0.200. The van der Waals surface area contributed by atoms with Crippen LogP contribution in [0.2, 0.25) is 0 Å². The van der Waals surface area contributed by atoms with Crippen LogP contribution >= 0.6 is 0 Å². The predicted molar refractivity (Wildman–Crippen MR) is 103 cm³/mol. The van der Waals surface area contributed by atoms with E-state index in [1.807, 2.05) is 23.9 Å². The van der Waals surface area contributed by atoms with E-state index in [9.17, 15) is 4.79 Å². The van der Waals surface area contributed by atoms with E-state index >= 15 is 0 Å². The molecule has 0 spiro atoms. The second-order valence-electron chi connectivity index (χ2n) is 5.91. The molecule has 0 fully saturated rings. The molecular weight excluding hydrogens is 346 g/mol. The summed E-state index contributed by atoms with van der Waals surface area (Å²) >= 11 is 0. The minimum atomic E-state index is -0.247. The van der Waals surface area contributed by atoms with Gasteiger partial charge in [0, 0.05) is 41.8 Å². The molecule has 0 radical (unpaired) electrons. The largest absolute Gasteiger partial charge is 0.493 e. The van der Waals surface area contributed by atoms with E-state index in [0.29, 0.717) is 34.1 Å². The summed E-state index contributed by atoms with van der Waals surface area (Å²) in [5, 5.41) is 0. The zero-order valence-electron chi connectivity index (χ0n) is 15.6. The normalized spacial score (nSPS) is 10.5. The van der Waals surface area contributed by atoms with Gasteiger partial charge in [0.1, 0.15) is 5.82 Å². The monoisotopic (exact) mass is 367 g/mol. The van der Waals surface area contributed by atoms with Gasteiger partial charge in [-0.25, -0.2) is 4.98 Å². The molecule has 27 heavy (non-hydrogen) atoms. The number of methoxy groups -OCH3 is 3. The van der Waals surface area contributed by atoms with Crippen LogP contribution in [0.4, 0.5) is 5.69 Å². The lowest BCUT2D eigenvalue weighted by molar-refractivity contribution is 0.103. The quantitative estimate of drug-likeness (QED) is 0.532. The molecule has 3 aromatic rings.